The van der Waals surface area contributed by atoms with Crippen LogP contribution in [0.5, 0.6) is 11.5 Å². The van der Waals surface area contributed by atoms with Crippen LogP contribution in [0.2, 0.25) is 0 Å². The van der Waals surface area contributed by atoms with Crippen molar-refractivity contribution >= 4 is 17.6 Å². The first-order valence-corrected chi connectivity index (χ1v) is 7.02. The monoisotopic (exact) mass is 315 g/mol. The molecule has 0 saturated carbocycles. The molecule has 2 aromatic carbocycles. The SMILES string of the molecule is CC(Oc1ccccc1)C(=O)Nc1ccc(OCC(=O)O)cc1. The number of carboxylic acid groups (broad SMARTS) is 1. The third kappa shape index (κ3) is 5.35. The number of aliphatic carboxylic acids is 1. The normalized spacial score (nSPS) is 11.3. The van der Waals surface area contributed by atoms with Gasteiger partial charge in [-0.3, -0.25) is 4.79 Å². The first-order chi connectivity index (χ1) is 11.0. The fraction of sp³-hybridized carbons (Fsp3) is 0.176. The van der Waals surface area contributed by atoms with E-state index in [1.807, 2.05) is 18.2 Å². The minimum absolute atomic E-state index is 0.284. The average Bonchev–Trinajstić information content (AvgIpc) is 2.55. The van der Waals surface area contributed by atoms with Crippen LogP contribution in [0.15, 0.2) is 54.6 Å². The summed E-state index contributed by atoms with van der Waals surface area (Å²) in [5.41, 5.74) is 0.571. The van der Waals surface area contributed by atoms with Crippen LogP contribution in [-0.4, -0.2) is 29.7 Å². The molecule has 1 unspecified atom stereocenters. The number of benzene rings is 2. The molecule has 2 aromatic rings. The van der Waals surface area contributed by atoms with E-state index in [2.05, 4.69) is 5.32 Å². The first-order valence-electron chi connectivity index (χ1n) is 7.02. The van der Waals surface area contributed by atoms with E-state index in [-0.39, 0.29) is 5.91 Å². The van der Waals surface area contributed by atoms with E-state index in [1.54, 1.807) is 43.3 Å². The van der Waals surface area contributed by atoms with Crippen molar-refractivity contribution in [1.29, 1.82) is 0 Å². The van der Waals surface area contributed by atoms with Gasteiger partial charge in [-0.2, -0.15) is 0 Å². The highest BCUT2D eigenvalue weighted by Gasteiger charge is 2.14. The lowest BCUT2D eigenvalue weighted by Crippen LogP contribution is -2.30. The van der Waals surface area contributed by atoms with Crippen LogP contribution in [0, 0.1) is 0 Å². The lowest BCUT2D eigenvalue weighted by molar-refractivity contribution is -0.139. The summed E-state index contributed by atoms with van der Waals surface area (Å²) in [6.07, 6.45) is -0.652. The summed E-state index contributed by atoms with van der Waals surface area (Å²) in [4.78, 5) is 22.5. The van der Waals surface area contributed by atoms with Crippen molar-refractivity contribution in [2.24, 2.45) is 0 Å². The maximum absolute atomic E-state index is 12.1. The Morgan fingerprint density at radius 2 is 1.70 bits per heavy atom. The smallest absolute Gasteiger partial charge is 0.341 e. The Kier molecular flexibility index (Phi) is 5.57. The minimum atomic E-state index is -1.05. The molecule has 0 aliphatic rings. The number of hydrogen-bond donors (Lipinski definition) is 2. The Hall–Kier alpha value is -3.02. The Bertz CT molecular complexity index is 654. The number of ether oxygens (including phenoxy) is 2. The summed E-state index contributed by atoms with van der Waals surface area (Å²) in [5, 5.41) is 11.3. The molecule has 6 heteroatoms. The molecule has 0 bridgehead atoms. The summed E-state index contributed by atoms with van der Waals surface area (Å²) >= 11 is 0. The van der Waals surface area contributed by atoms with Crippen LogP contribution in [0.3, 0.4) is 0 Å². The van der Waals surface area contributed by atoms with Gasteiger partial charge in [-0.15, -0.1) is 0 Å². The van der Waals surface area contributed by atoms with Gasteiger partial charge in [0.2, 0.25) is 0 Å². The maximum atomic E-state index is 12.1. The summed E-state index contributed by atoms with van der Waals surface area (Å²) in [5.74, 6) is -0.297. The summed E-state index contributed by atoms with van der Waals surface area (Å²) in [6.45, 7) is 1.25. The van der Waals surface area contributed by atoms with Crippen molar-refractivity contribution in [1.82, 2.24) is 0 Å². The number of nitrogens with one attached hydrogen (secondary N) is 1. The van der Waals surface area contributed by atoms with Crippen molar-refractivity contribution in [3.05, 3.63) is 54.6 Å². The van der Waals surface area contributed by atoms with E-state index in [0.717, 1.165) is 0 Å². The molecule has 0 fully saturated rings. The lowest BCUT2D eigenvalue weighted by atomic mass is 10.2. The third-order valence-corrected chi connectivity index (χ3v) is 2.91. The first kappa shape index (κ1) is 16.4. The number of hydrogen-bond acceptors (Lipinski definition) is 4. The van der Waals surface area contributed by atoms with Crippen LogP contribution in [0.4, 0.5) is 5.69 Å². The summed E-state index contributed by atoms with van der Waals surface area (Å²) < 4.78 is 10.6. The highest BCUT2D eigenvalue weighted by atomic mass is 16.5. The number of amides is 1. The van der Waals surface area contributed by atoms with E-state index in [0.29, 0.717) is 17.2 Å². The molecule has 1 atom stereocenters. The van der Waals surface area contributed by atoms with E-state index in [1.165, 1.54) is 0 Å². The van der Waals surface area contributed by atoms with Crippen LogP contribution in [0.1, 0.15) is 6.92 Å². The molecule has 0 heterocycles. The van der Waals surface area contributed by atoms with Crippen LogP contribution in [0.25, 0.3) is 0 Å². The van der Waals surface area contributed by atoms with Crippen molar-refractivity contribution in [3.8, 4) is 11.5 Å². The molecule has 0 spiro atoms. The Labute approximate surface area is 133 Å². The molecule has 23 heavy (non-hydrogen) atoms. The van der Waals surface area contributed by atoms with Crippen molar-refractivity contribution in [2.45, 2.75) is 13.0 Å². The summed E-state index contributed by atoms with van der Waals surface area (Å²) in [6, 6.07) is 15.5. The molecule has 2 N–H and O–H groups in total. The van der Waals surface area contributed by atoms with Crippen LogP contribution >= 0.6 is 0 Å². The van der Waals surface area contributed by atoms with Gasteiger partial charge in [0.25, 0.3) is 5.91 Å². The molecule has 1 amide bonds. The second-order valence-corrected chi connectivity index (χ2v) is 4.77. The van der Waals surface area contributed by atoms with E-state index in [4.69, 9.17) is 14.6 Å². The van der Waals surface area contributed by atoms with E-state index < -0.39 is 18.7 Å². The minimum Gasteiger partial charge on any atom is -0.482 e. The molecule has 0 radical (unpaired) electrons. The van der Waals surface area contributed by atoms with Gasteiger partial charge in [0, 0.05) is 5.69 Å². The van der Waals surface area contributed by atoms with Gasteiger partial charge in [0.1, 0.15) is 11.5 Å². The molecular formula is C17H17NO5. The Morgan fingerprint density at radius 1 is 1.04 bits per heavy atom. The number of rotatable bonds is 7. The Morgan fingerprint density at radius 3 is 2.30 bits per heavy atom. The standard InChI is InChI=1S/C17H17NO5/c1-12(23-15-5-3-2-4-6-15)17(21)18-13-7-9-14(10-8-13)22-11-16(19)20/h2-10,12H,11H2,1H3,(H,18,21)(H,19,20). The third-order valence-electron chi connectivity index (χ3n) is 2.91. The fourth-order valence-electron chi connectivity index (χ4n) is 1.78. The topological polar surface area (TPSA) is 84.9 Å². The van der Waals surface area contributed by atoms with Crippen molar-refractivity contribution < 1.29 is 24.2 Å². The zero-order valence-corrected chi connectivity index (χ0v) is 12.6. The van der Waals surface area contributed by atoms with Gasteiger partial charge < -0.3 is 19.9 Å². The second kappa shape index (κ2) is 7.84. The predicted molar refractivity (Wildman–Crippen MR) is 84.7 cm³/mol. The van der Waals surface area contributed by atoms with Gasteiger partial charge >= 0.3 is 5.97 Å². The number of carbonyl (C=O) groups excluding carboxylic acids is 1. The number of carbonyl (C=O) groups is 2. The van der Waals surface area contributed by atoms with Gasteiger partial charge in [-0.05, 0) is 43.3 Å². The van der Waals surface area contributed by atoms with Gasteiger partial charge in [-0.1, -0.05) is 18.2 Å². The van der Waals surface area contributed by atoms with Crippen molar-refractivity contribution in [3.63, 3.8) is 0 Å². The largest absolute Gasteiger partial charge is 0.482 e. The lowest BCUT2D eigenvalue weighted by Gasteiger charge is -2.14. The number of anilines is 1. The molecule has 0 aromatic heterocycles. The molecule has 2 rings (SSSR count). The zero-order valence-electron chi connectivity index (χ0n) is 12.6. The number of carboxylic acids is 1. The van der Waals surface area contributed by atoms with E-state index in [9.17, 15) is 9.59 Å². The highest BCUT2D eigenvalue weighted by molar-refractivity contribution is 5.94. The summed E-state index contributed by atoms with van der Waals surface area (Å²) in [7, 11) is 0. The molecule has 0 aliphatic heterocycles. The fourth-order valence-corrected chi connectivity index (χ4v) is 1.78. The molecule has 0 aliphatic carbocycles. The van der Waals surface area contributed by atoms with Crippen LogP contribution in [-0.2, 0) is 9.59 Å². The second-order valence-electron chi connectivity index (χ2n) is 4.77. The highest BCUT2D eigenvalue weighted by Crippen LogP contribution is 2.17. The zero-order chi connectivity index (χ0) is 16.7. The Balaban J connectivity index is 1.88. The maximum Gasteiger partial charge on any atom is 0.341 e. The molecule has 120 valence electrons. The van der Waals surface area contributed by atoms with E-state index >= 15 is 0 Å². The van der Waals surface area contributed by atoms with Gasteiger partial charge in [0.15, 0.2) is 12.7 Å². The average molecular weight is 315 g/mol. The molecule has 6 nitrogen and oxygen atoms in total. The predicted octanol–water partition coefficient (Wildman–Crippen LogP) is 2.56. The van der Waals surface area contributed by atoms with Crippen molar-refractivity contribution in [2.75, 3.05) is 11.9 Å². The quantitative estimate of drug-likeness (QED) is 0.820. The molecular weight excluding hydrogens is 298 g/mol. The van der Waals surface area contributed by atoms with Gasteiger partial charge in [0.05, 0.1) is 0 Å². The van der Waals surface area contributed by atoms with Gasteiger partial charge in [-0.25, -0.2) is 4.79 Å². The number of para-hydroxylation sites is 1. The molecule has 0 saturated heterocycles. The van der Waals surface area contributed by atoms with Crippen LogP contribution < -0.4 is 14.8 Å².